The van der Waals surface area contributed by atoms with Crippen LogP contribution in [0.15, 0.2) is 18.7 Å². The molecule has 0 radical (unpaired) electrons. The molecular weight excluding hydrogens is 158 g/mol. The lowest BCUT2D eigenvalue weighted by Crippen LogP contribution is -1.93. The van der Waals surface area contributed by atoms with Gasteiger partial charge in [-0.2, -0.15) is 0 Å². The topological polar surface area (TPSA) is 0 Å². The Bertz CT molecular complexity index is 327. The zero-order chi connectivity index (χ0) is 9.30. The van der Waals surface area contributed by atoms with Crippen LogP contribution >= 0.6 is 0 Å². The molecule has 1 aromatic carbocycles. The Balaban J connectivity index is 3.43. The fourth-order valence-electron chi connectivity index (χ4n) is 1.11. The van der Waals surface area contributed by atoms with E-state index >= 15 is 0 Å². The van der Waals surface area contributed by atoms with Crippen LogP contribution in [0.5, 0.6) is 0 Å². The predicted molar refractivity (Wildman–Crippen MR) is 46.0 cm³/mol. The predicted octanol–water partition coefficient (Wildman–Crippen LogP) is 3.38. The van der Waals surface area contributed by atoms with Crippen molar-refractivity contribution in [2.45, 2.75) is 13.8 Å². The molecule has 0 saturated heterocycles. The van der Waals surface area contributed by atoms with Gasteiger partial charge in [-0.25, -0.2) is 8.78 Å². The highest BCUT2D eigenvalue weighted by molar-refractivity contribution is 5.61. The molecular formula is C10H10F2. The van der Waals surface area contributed by atoms with Crippen LogP contribution < -0.4 is 0 Å². The molecule has 0 atom stereocenters. The monoisotopic (exact) mass is 168 g/mol. The van der Waals surface area contributed by atoms with Crippen LogP contribution in [0.2, 0.25) is 0 Å². The summed E-state index contributed by atoms with van der Waals surface area (Å²) in [6.45, 7) is 6.34. The van der Waals surface area contributed by atoms with Crippen LogP contribution in [0.1, 0.15) is 16.7 Å². The van der Waals surface area contributed by atoms with E-state index in [1.165, 1.54) is 0 Å². The standard InChI is InChI=1S/C10H10F2/c1-6-4-5-7(2)10(12)9(6)8(3)11/h4-5H,3H2,1-2H3. The van der Waals surface area contributed by atoms with Crippen LogP contribution in [-0.4, -0.2) is 0 Å². The quantitative estimate of drug-likeness (QED) is 0.603. The van der Waals surface area contributed by atoms with Crippen LogP contribution in [-0.2, 0) is 0 Å². The summed E-state index contributed by atoms with van der Waals surface area (Å²) in [5.41, 5.74) is 1.01. The van der Waals surface area contributed by atoms with Gasteiger partial charge in [-0.05, 0) is 25.0 Å². The fourth-order valence-corrected chi connectivity index (χ4v) is 1.11. The van der Waals surface area contributed by atoms with E-state index in [1.807, 2.05) is 0 Å². The van der Waals surface area contributed by atoms with E-state index in [9.17, 15) is 8.78 Å². The molecule has 0 aromatic heterocycles. The summed E-state index contributed by atoms with van der Waals surface area (Å²) in [4.78, 5) is 0. The van der Waals surface area contributed by atoms with Crippen molar-refractivity contribution in [3.8, 4) is 0 Å². The molecule has 0 heterocycles. The summed E-state index contributed by atoms with van der Waals surface area (Å²) >= 11 is 0. The van der Waals surface area contributed by atoms with Crippen molar-refractivity contribution >= 4 is 5.83 Å². The van der Waals surface area contributed by atoms with E-state index < -0.39 is 11.6 Å². The smallest absolute Gasteiger partial charge is 0.136 e. The number of hydrogen-bond acceptors (Lipinski definition) is 0. The Morgan fingerprint density at radius 2 is 1.75 bits per heavy atom. The Kier molecular flexibility index (Phi) is 2.27. The average molecular weight is 168 g/mol. The lowest BCUT2D eigenvalue weighted by Gasteiger charge is -2.05. The lowest BCUT2D eigenvalue weighted by molar-refractivity contribution is 0.604. The van der Waals surface area contributed by atoms with Crippen molar-refractivity contribution in [1.82, 2.24) is 0 Å². The highest BCUT2D eigenvalue weighted by atomic mass is 19.1. The molecule has 0 amide bonds. The second kappa shape index (κ2) is 3.05. The van der Waals surface area contributed by atoms with Crippen molar-refractivity contribution in [2.75, 3.05) is 0 Å². The van der Waals surface area contributed by atoms with Crippen molar-refractivity contribution in [3.63, 3.8) is 0 Å². The first-order valence-corrected chi connectivity index (χ1v) is 3.64. The van der Waals surface area contributed by atoms with E-state index in [0.717, 1.165) is 0 Å². The number of hydrogen-bond donors (Lipinski definition) is 0. The van der Waals surface area contributed by atoms with Gasteiger partial charge < -0.3 is 0 Å². The van der Waals surface area contributed by atoms with E-state index in [0.29, 0.717) is 11.1 Å². The SMILES string of the molecule is C=C(F)c1c(C)ccc(C)c1F. The maximum Gasteiger partial charge on any atom is 0.136 e. The van der Waals surface area contributed by atoms with Gasteiger partial charge in [0.05, 0.1) is 0 Å². The van der Waals surface area contributed by atoms with E-state index in [-0.39, 0.29) is 5.56 Å². The van der Waals surface area contributed by atoms with Crippen molar-refractivity contribution in [3.05, 3.63) is 41.2 Å². The molecule has 1 aromatic rings. The van der Waals surface area contributed by atoms with E-state index in [4.69, 9.17) is 0 Å². The summed E-state index contributed by atoms with van der Waals surface area (Å²) < 4.78 is 25.9. The molecule has 0 aliphatic rings. The van der Waals surface area contributed by atoms with Crippen LogP contribution in [0, 0.1) is 19.7 Å². The molecule has 0 unspecified atom stereocenters. The highest BCUT2D eigenvalue weighted by Crippen LogP contribution is 2.23. The van der Waals surface area contributed by atoms with Crippen molar-refractivity contribution in [1.29, 1.82) is 0 Å². The molecule has 2 heteroatoms. The maximum atomic E-state index is 13.2. The highest BCUT2D eigenvalue weighted by Gasteiger charge is 2.10. The second-order valence-electron chi connectivity index (χ2n) is 2.79. The average Bonchev–Trinajstić information content (AvgIpc) is 1.97. The van der Waals surface area contributed by atoms with Crippen molar-refractivity contribution in [2.24, 2.45) is 0 Å². The molecule has 0 saturated carbocycles. The van der Waals surface area contributed by atoms with E-state index in [1.54, 1.807) is 26.0 Å². The zero-order valence-electron chi connectivity index (χ0n) is 7.12. The molecule has 0 N–H and O–H groups in total. The summed E-state index contributed by atoms with van der Waals surface area (Å²) in [5.74, 6) is -1.23. The first-order chi connectivity index (χ1) is 5.54. The third kappa shape index (κ3) is 1.37. The first-order valence-electron chi connectivity index (χ1n) is 3.64. The minimum atomic E-state index is -0.714. The maximum absolute atomic E-state index is 13.2. The Hall–Kier alpha value is -1.18. The Labute approximate surface area is 70.5 Å². The number of aryl methyl sites for hydroxylation is 2. The van der Waals surface area contributed by atoms with Gasteiger partial charge in [-0.3, -0.25) is 0 Å². The van der Waals surface area contributed by atoms with Crippen LogP contribution in [0.3, 0.4) is 0 Å². The number of benzene rings is 1. The summed E-state index contributed by atoms with van der Waals surface area (Å²) in [5, 5.41) is 0. The Morgan fingerprint density at radius 1 is 1.25 bits per heavy atom. The van der Waals surface area contributed by atoms with Gasteiger partial charge in [0.2, 0.25) is 0 Å². The van der Waals surface area contributed by atoms with Gasteiger partial charge in [0, 0.05) is 5.56 Å². The van der Waals surface area contributed by atoms with Gasteiger partial charge in [0.25, 0.3) is 0 Å². The first kappa shape index (κ1) is 8.91. The lowest BCUT2D eigenvalue weighted by atomic mass is 10.0. The fraction of sp³-hybridized carbons (Fsp3) is 0.200. The molecule has 64 valence electrons. The third-order valence-electron chi connectivity index (χ3n) is 1.81. The number of rotatable bonds is 1. The van der Waals surface area contributed by atoms with E-state index in [2.05, 4.69) is 6.58 Å². The summed E-state index contributed by atoms with van der Waals surface area (Å²) in [6.07, 6.45) is 0. The zero-order valence-corrected chi connectivity index (χ0v) is 7.12. The van der Waals surface area contributed by atoms with Crippen LogP contribution in [0.25, 0.3) is 5.83 Å². The molecule has 12 heavy (non-hydrogen) atoms. The normalized spacial score (nSPS) is 10.0. The van der Waals surface area contributed by atoms with Gasteiger partial charge in [-0.15, -0.1) is 0 Å². The Morgan fingerprint density at radius 3 is 2.17 bits per heavy atom. The summed E-state index contributed by atoms with van der Waals surface area (Å²) in [7, 11) is 0. The second-order valence-corrected chi connectivity index (χ2v) is 2.79. The molecule has 0 bridgehead atoms. The largest absolute Gasteiger partial charge is 0.207 e. The number of halogens is 2. The van der Waals surface area contributed by atoms with Gasteiger partial charge in [0.1, 0.15) is 11.6 Å². The molecule has 1 rings (SSSR count). The van der Waals surface area contributed by atoms with Gasteiger partial charge in [-0.1, -0.05) is 18.7 Å². The van der Waals surface area contributed by atoms with Gasteiger partial charge >= 0.3 is 0 Å². The molecule has 0 nitrogen and oxygen atoms in total. The molecule has 0 aliphatic carbocycles. The van der Waals surface area contributed by atoms with Gasteiger partial charge in [0.15, 0.2) is 0 Å². The van der Waals surface area contributed by atoms with Crippen LogP contribution in [0.4, 0.5) is 8.78 Å². The minimum Gasteiger partial charge on any atom is -0.207 e. The molecule has 0 aliphatic heterocycles. The van der Waals surface area contributed by atoms with Crippen molar-refractivity contribution < 1.29 is 8.78 Å². The summed E-state index contributed by atoms with van der Waals surface area (Å²) in [6, 6.07) is 3.30. The molecule has 0 spiro atoms. The third-order valence-corrected chi connectivity index (χ3v) is 1.81. The molecule has 0 fully saturated rings. The minimum absolute atomic E-state index is 0.00463.